The van der Waals surface area contributed by atoms with Crippen molar-refractivity contribution in [1.82, 2.24) is 4.72 Å². The van der Waals surface area contributed by atoms with Crippen molar-refractivity contribution >= 4 is 33.2 Å². The third-order valence-electron chi connectivity index (χ3n) is 10.1. The van der Waals surface area contributed by atoms with E-state index in [4.69, 9.17) is 16.3 Å². The van der Waals surface area contributed by atoms with Crippen LogP contribution in [0, 0.1) is 11.8 Å². The number of sulfonamides is 1. The maximum Gasteiger partial charge on any atom is 0.273 e. The Kier molecular flexibility index (Phi) is 10.7. The number of rotatable bonds is 12. The normalized spacial score (nSPS) is 24.8. The van der Waals surface area contributed by atoms with E-state index in [-0.39, 0.29) is 47.4 Å². The molecule has 1 spiro atoms. The van der Waals surface area contributed by atoms with Crippen molar-refractivity contribution < 1.29 is 31.8 Å². The molecule has 0 aromatic heterocycles. The van der Waals surface area contributed by atoms with Crippen LogP contribution in [0.1, 0.15) is 86.7 Å². The number of alkyl halides is 2. The predicted molar refractivity (Wildman–Crippen MR) is 182 cm³/mol. The molecule has 1 fully saturated rings. The number of halogens is 3. The smallest absolute Gasteiger partial charge is 0.273 e. The van der Waals surface area contributed by atoms with E-state index in [2.05, 4.69) is 23.1 Å². The molecule has 7 nitrogen and oxygen atoms in total. The van der Waals surface area contributed by atoms with Crippen molar-refractivity contribution in [3.8, 4) is 5.75 Å². The molecule has 5 rings (SSSR count). The minimum absolute atomic E-state index is 0.0298. The van der Waals surface area contributed by atoms with E-state index >= 15 is 8.78 Å². The molecule has 1 amide bonds. The first-order valence-corrected chi connectivity index (χ1v) is 18.4. The summed E-state index contributed by atoms with van der Waals surface area (Å²) in [5.41, 5.74) is 0.316. The number of nitrogens with one attached hydrogen (secondary N) is 1. The van der Waals surface area contributed by atoms with E-state index in [1.807, 2.05) is 12.2 Å². The van der Waals surface area contributed by atoms with Crippen LogP contribution >= 0.6 is 11.6 Å². The van der Waals surface area contributed by atoms with Crippen LogP contribution in [0.4, 0.5) is 14.5 Å². The minimum atomic E-state index is -3.94. The standard InChI is InChI=1S/C36H45ClF2N2O5S/c1-4-6-8-10-32(42)28-14-11-26(28)21-41-22-35(17-18-36(38,39)30-20-27(37)13-15-29(30)35)23-46-33-16-12-25(19-31(33)41)34(43)40-47(44,45)24(3)9-7-5-2/h5,8,10,12-13,15-16,19-20,24,26,28,32,42H,2,4,6-7,9,11,14,17-18,21-23H2,1,3H3,(H,40,43)/b10-8+/t24-,26+,28-,32+,35+/m1/s1. The quantitative estimate of drug-likeness (QED) is 0.224. The van der Waals surface area contributed by atoms with Crippen molar-refractivity contribution in [1.29, 1.82) is 0 Å². The lowest BCUT2D eigenvalue weighted by atomic mass is 9.67. The van der Waals surface area contributed by atoms with Gasteiger partial charge in [-0.1, -0.05) is 49.2 Å². The Bertz CT molecular complexity index is 1620. The van der Waals surface area contributed by atoms with Gasteiger partial charge in [-0.15, -0.1) is 6.58 Å². The number of amides is 1. The SMILES string of the molecule is C=CCC[C@@H](C)S(=O)(=O)NC(=O)c1ccc2c(c1)N(C[C@@H]1CC[C@H]1[C@@H](O)/C=C/CCC)C[C@@]1(CCC(F)(F)c3cc(Cl)ccc31)CO2. The molecule has 2 aliphatic carbocycles. The van der Waals surface area contributed by atoms with Gasteiger partial charge in [-0.05, 0) is 93.2 Å². The number of hydrogen-bond donors (Lipinski definition) is 2. The highest BCUT2D eigenvalue weighted by Crippen LogP contribution is 2.52. The summed E-state index contributed by atoms with van der Waals surface area (Å²) in [6.45, 7) is 8.24. The molecular weight excluding hydrogens is 646 g/mol. The second-order valence-electron chi connectivity index (χ2n) is 13.4. The summed E-state index contributed by atoms with van der Waals surface area (Å²) < 4.78 is 65.0. The van der Waals surface area contributed by atoms with Crippen LogP contribution in [0.5, 0.6) is 5.75 Å². The molecule has 1 aliphatic heterocycles. The molecule has 11 heteroatoms. The highest BCUT2D eigenvalue weighted by molar-refractivity contribution is 7.90. The third kappa shape index (κ3) is 7.55. The molecule has 256 valence electrons. The van der Waals surface area contributed by atoms with Crippen molar-refractivity contribution in [2.24, 2.45) is 11.8 Å². The average Bonchev–Trinajstić information content (AvgIpc) is 3.17. The third-order valence-corrected chi connectivity index (χ3v) is 12.1. The molecule has 0 unspecified atom stereocenters. The van der Waals surface area contributed by atoms with Crippen LogP contribution in [0.2, 0.25) is 5.02 Å². The van der Waals surface area contributed by atoms with E-state index in [9.17, 15) is 18.3 Å². The van der Waals surface area contributed by atoms with E-state index < -0.39 is 38.6 Å². The van der Waals surface area contributed by atoms with E-state index in [0.717, 1.165) is 25.7 Å². The van der Waals surface area contributed by atoms with Crippen LogP contribution in [0.3, 0.4) is 0 Å². The minimum Gasteiger partial charge on any atom is -0.490 e. The van der Waals surface area contributed by atoms with Gasteiger partial charge in [0.15, 0.2) is 0 Å². The monoisotopic (exact) mass is 690 g/mol. The van der Waals surface area contributed by atoms with Crippen molar-refractivity contribution in [3.05, 3.63) is 82.9 Å². The highest BCUT2D eigenvalue weighted by atomic mass is 35.5. The first-order valence-electron chi connectivity index (χ1n) is 16.5. The average molecular weight is 691 g/mol. The van der Waals surface area contributed by atoms with Gasteiger partial charge in [0, 0.05) is 41.1 Å². The number of nitrogens with zero attached hydrogens (tertiary/aromatic N) is 1. The van der Waals surface area contributed by atoms with Crippen LogP contribution in [-0.4, -0.2) is 50.5 Å². The maximum atomic E-state index is 15.3. The Hall–Kier alpha value is -2.95. The molecule has 47 heavy (non-hydrogen) atoms. The Balaban J connectivity index is 1.50. The summed E-state index contributed by atoms with van der Waals surface area (Å²) in [6.07, 6.45) is 9.15. The molecule has 2 aromatic carbocycles. The number of anilines is 1. The van der Waals surface area contributed by atoms with Gasteiger partial charge in [-0.3, -0.25) is 4.79 Å². The van der Waals surface area contributed by atoms with Crippen LogP contribution < -0.4 is 14.4 Å². The Morgan fingerprint density at radius 2 is 1.98 bits per heavy atom. The lowest BCUT2D eigenvalue weighted by Crippen LogP contribution is -2.50. The van der Waals surface area contributed by atoms with Gasteiger partial charge in [-0.25, -0.2) is 21.9 Å². The zero-order valence-electron chi connectivity index (χ0n) is 27.1. The number of aliphatic hydroxyl groups is 1. The molecule has 5 atom stereocenters. The van der Waals surface area contributed by atoms with Gasteiger partial charge >= 0.3 is 0 Å². The van der Waals surface area contributed by atoms with E-state index in [0.29, 0.717) is 42.9 Å². The highest BCUT2D eigenvalue weighted by Gasteiger charge is 2.51. The molecule has 3 aliphatic rings. The summed E-state index contributed by atoms with van der Waals surface area (Å²) in [7, 11) is -3.94. The van der Waals surface area contributed by atoms with Gasteiger partial charge in [0.05, 0.1) is 23.6 Å². The van der Waals surface area contributed by atoms with Gasteiger partial charge in [-0.2, -0.15) is 0 Å². The molecular formula is C36H45ClF2N2O5S. The van der Waals surface area contributed by atoms with Crippen molar-refractivity contribution in [2.75, 3.05) is 24.6 Å². The summed E-state index contributed by atoms with van der Waals surface area (Å²) in [4.78, 5) is 15.4. The fourth-order valence-electron chi connectivity index (χ4n) is 7.06. The molecule has 0 bridgehead atoms. The second kappa shape index (κ2) is 14.3. The summed E-state index contributed by atoms with van der Waals surface area (Å²) in [5.74, 6) is -3.18. The topological polar surface area (TPSA) is 95.9 Å². The number of carbonyl (C=O) groups excluding carboxylic acids is 1. The largest absolute Gasteiger partial charge is 0.490 e. The molecule has 0 saturated heterocycles. The Morgan fingerprint density at radius 3 is 2.68 bits per heavy atom. The number of unbranched alkanes of at least 4 members (excludes halogenated alkanes) is 1. The van der Waals surface area contributed by atoms with Crippen LogP contribution in [-0.2, 0) is 21.4 Å². The summed E-state index contributed by atoms with van der Waals surface area (Å²) in [6, 6.07) is 9.44. The summed E-state index contributed by atoms with van der Waals surface area (Å²) in [5, 5.41) is 10.4. The second-order valence-corrected chi connectivity index (χ2v) is 15.9. The molecule has 0 radical (unpaired) electrons. The number of hydrogen-bond acceptors (Lipinski definition) is 6. The first-order chi connectivity index (χ1) is 22.3. The van der Waals surface area contributed by atoms with Gasteiger partial charge < -0.3 is 14.7 Å². The zero-order valence-corrected chi connectivity index (χ0v) is 28.6. The number of ether oxygens (including phenoxy) is 1. The number of benzene rings is 2. The molecule has 1 saturated carbocycles. The fraction of sp³-hybridized carbons (Fsp3) is 0.528. The zero-order chi connectivity index (χ0) is 34.0. The number of allylic oxidation sites excluding steroid dienone is 2. The summed E-state index contributed by atoms with van der Waals surface area (Å²) >= 11 is 6.20. The number of fused-ring (bicyclic) bond motifs is 3. The lowest BCUT2D eigenvalue weighted by molar-refractivity contribution is -0.0361. The number of aliphatic hydroxyl groups excluding tert-OH is 1. The van der Waals surface area contributed by atoms with Gasteiger partial charge in [0.25, 0.3) is 11.8 Å². The van der Waals surface area contributed by atoms with E-state index in [1.165, 1.54) is 12.1 Å². The lowest BCUT2D eigenvalue weighted by Gasteiger charge is -2.46. The van der Waals surface area contributed by atoms with Crippen LogP contribution in [0.25, 0.3) is 0 Å². The Labute approximate surface area is 282 Å². The van der Waals surface area contributed by atoms with Crippen LogP contribution in [0.15, 0.2) is 61.2 Å². The molecule has 2 N–H and O–H groups in total. The number of carbonyl (C=O) groups is 1. The maximum absolute atomic E-state index is 15.3. The Morgan fingerprint density at radius 1 is 1.19 bits per heavy atom. The molecule has 2 aromatic rings. The fourth-order valence-corrected chi connectivity index (χ4v) is 8.26. The molecule has 1 heterocycles. The van der Waals surface area contributed by atoms with E-state index in [1.54, 1.807) is 37.3 Å². The van der Waals surface area contributed by atoms with Gasteiger partial charge in [0.1, 0.15) is 5.75 Å². The predicted octanol–water partition coefficient (Wildman–Crippen LogP) is 7.52. The van der Waals surface area contributed by atoms with Crippen molar-refractivity contribution in [2.45, 2.75) is 87.9 Å². The van der Waals surface area contributed by atoms with Crippen molar-refractivity contribution in [3.63, 3.8) is 0 Å². The first kappa shape index (κ1) is 35.4. The van der Waals surface area contributed by atoms with Gasteiger partial charge in [0.2, 0.25) is 10.0 Å².